The molecule has 0 atom stereocenters. The highest BCUT2D eigenvalue weighted by Crippen LogP contribution is 2.40. The van der Waals surface area contributed by atoms with E-state index in [2.05, 4.69) is 5.32 Å². The number of halogens is 2. The Morgan fingerprint density at radius 3 is 2.50 bits per heavy atom. The normalized spacial score (nSPS) is 17.5. The van der Waals surface area contributed by atoms with Crippen LogP contribution in [-0.4, -0.2) is 28.1 Å². The summed E-state index contributed by atoms with van der Waals surface area (Å²) in [7, 11) is 0. The number of anilines is 1. The van der Waals surface area contributed by atoms with Crippen molar-refractivity contribution in [1.82, 2.24) is 0 Å². The van der Waals surface area contributed by atoms with Crippen LogP contribution in [0.15, 0.2) is 58.5 Å². The first-order chi connectivity index (χ1) is 13.5. The molecule has 144 valence electrons. The summed E-state index contributed by atoms with van der Waals surface area (Å²) in [6.07, 6.45) is 4.12. The molecule has 1 fully saturated rings. The lowest BCUT2D eigenvalue weighted by Gasteiger charge is -2.14. The molecule has 7 heteroatoms. The molecule has 1 spiro atoms. The average Bonchev–Trinajstić information content (AvgIpc) is 3.30. The van der Waals surface area contributed by atoms with Gasteiger partial charge in [0.2, 0.25) is 5.91 Å². The monoisotopic (exact) mass is 431 g/mol. The number of rotatable bonds is 4. The standard InChI is InChI=1S/C21H19Cl2N3OS/c22-16-9-8-14(12-17(16)23)19-20(26-21(25-19)10-4-5-11-21)28-13-18(27)24-15-6-2-1-3-7-15/h1-3,6-9,12H,4-5,10-11,13H2,(H,24,27). The van der Waals surface area contributed by atoms with Gasteiger partial charge in [-0.25, -0.2) is 4.99 Å². The van der Waals surface area contributed by atoms with Crippen molar-refractivity contribution in [3.05, 3.63) is 64.1 Å². The molecule has 2 aromatic carbocycles. The number of amides is 1. The van der Waals surface area contributed by atoms with E-state index in [-0.39, 0.29) is 17.3 Å². The average molecular weight is 432 g/mol. The molecule has 1 N–H and O–H groups in total. The lowest BCUT2D eigenvalue weighted by Crippen LogP contribution is -2.17. The lowest BCUT2D eigenvalue weighted by atomic mass is 10.1. The summed E-state index contributed by atoms with van der Waals surface area (Å²) < 4.78 is 0. The summed E-state index contributed by atoms with van der Waals surface area (Å²) in [6, 6.07) is 14.9. The van der Waals surface area contributed by atoms with Crippen molar-refractivity contribution in [2.75, 3.05) is 11.1 Å². The Bertz CT molecular complexity index is 953. The quantitative estimate of drug-likeness (QED) is 0.660. The van der Waals surface area contributed by atoms with Crippen LogP contribution in [0.2, 0.25) is 10.0 Å². The molecule has 4 rings (SSSR count). The van der Waals surface area contributed by atoms with E-state index in [1.807, 2.05) is 42.5 Å². The highest BCUT2D eigenvalue weighted by molar-refractivity contribution is 8.16. The van der Waals surface area contributed by atoms with Gasteiger partial charge in [0.1, 0.15) is 5.04 Å². The Labute approximate surface area is 178 Å². The van der Waals surface area contributed by atoms with Gasteiger partial charge < -0.3 is 5.32 Å². The SMILES string of the molecule is O=C(CSC1=NC2(CCCC2)N=C1c1ccc(Cl)c(Cl)c1)Nc1ccccc1. The number of carbonyl (C=O) groups is 1. The maximum atomic E-state index is 12.4. The number of nitrogens with one attached hydrogen (secondary N) is 1. The third-order valence-corrected chi connectivity index (χ3v) is 6.53. The van der Waals surface area contributed by atoms with Crippen molar-refractivity contribution >= 4 is 57.3 Å². The van der Waals surface area contributed by atoms with Crippen LogP contribution in [0.1, 0.15) is 31.2 Å². The molecule has 2 aliphatic rings. The zero-order valence-electron chi connectivity index (χ0n) is 15.1. The van der Waals surface area contributed by atoms with Crippen LogP contribution < -0.4 is 5.32 Å². The smallest absolute Gasteiger partial charge is 0.234 e. The van der Waals surface area contributed by atoms with Crippen LogP contribution >= 0.6 is 35.0 Å². The number of aliphatic imine (C=N–C) groups is 2. The Balaban J connectivity index is 1.52. The highest BCUT2D eigenvalue weighted by atomic mass is 35.5. The maximum Gasteiger partial charge on any atom is 0.234 e. The molecule has 1 saturated carbocycles. The van der Waals surface area contributed by atoms with E-state index in [1.54, 1.807) is 6.07 Å². The minimum atomic E-state index is -0.375. The molecule has 0 radical (unpaired) electrons. The summed E-state index contributed by atoms with van der Waals surface area (Å²) in [5.74, 6) is 0.198. The molecule has 2 aromatic rings. The molecule has 28 heavy (non-hydrogen) atoms. The van der Waals surface area contributed by atoms with Crippen molar-refractivity contribution in [2.45, 2.75) is 31.3 Å². The molecule has 4 nitrogen and oxygen atoms in total. The Hall–Kier alpha value is -1.82. The van der Waals surface area contributed by atoms with Gasteiger partial charge in [-0.05, 0) is 49.9 Å². The van der Waals surface area contributed by atoms with Crippen molar-refractivity contribution in [1.29, 1.82) is 0 Å². The van der Waals surface area contributed by atoms with E-state index >= 15 is 0 Å². The highest BCUT2D eigenvalue weighted by Gasteiger charge is 2.39. The molecule has 1 aliphatic heterocycles. The van der Waals surface area contributed by atoms with E-state index in [0.717, 1.165) is 47.7 Å². The number of thioether (sulfide) groups is 1. The van der Waals surface area contributed by atoms with Gasteiger partial charge >= 0.3 is 0 Å². The number of hydrogen-bond donors (Lipinski definition) is 1. The lowest BCUT2D eigenvalue weighted by molar-refractivity contribution is -0.113. The van der Waals surface area contributed by atoms with Crippen molar-refractivity contribution < 1.29 is 4.79 Å². The fraction of sp³-hybridized carbons (Fsp3) is 0.286. The second kappa shape index (κ2) is 8.27. The largest absolute Gasteiger partial charge is 0.325 e. The van der Waals surface area contributed by atoms with Gasteiger partial charge in [0.25, 0.3) is 0 Å². The van der Waals surface area contributed by atoms with Gasteiger partial charge in [0.15, 0.2) is 5.66 Å². The maximum absolute atomic E-state index is 12.4. The van der Waals surface area contributed by atoms with Crippen LogP contribution in [0.25, 0.3) is 0 Å². The molecule has 0 unspecified atom stereocenters. The third kappa shape index (κ3) is 4.27. The van der Waals surface area contributed by atoms with Gasteiger partial charge in [0, 0.05) is 11.3 Å². The topological polar surface area (TPSA) is 53.8 Å². The minimum Gasteiger partial charge on any atom is -0.325 e. The van der Waals surface area contributed by atoms with Gasteiger partial charge in [-0.1, -0.05) is 59.2 Å². The summed E-state index contributed by atoms with van der Waals surface area (Å²) in [5.41, 5.74) is 2.10. The Kier molecular flexibility index (Phi) is 5.76. The number of nitrogens with zero attached hydrogens (tertiary/aromatic N) is 2. The van der Waals surface area contributed by atoms with Crippen molar-refractivity contribution in [2.24, 2.45) is 9.98 Å². The van der Waals surface area contributed by atoms with Crippen LogP contribution in [0.4, 0.5) is 5.69 Å². The van der Waals surface area contributed by atoms with E-state index < -0.39 is 0 Å². The molecule has 0 saturated heterocycles. The van der Waals surface area contributed by atoms with E-state index in [1.165, 1.54) is 11.8 Å². The molecule has 0 aromatic heterocycles. The molecule has 1 aliphatic carbocycles. The van der Waals surface area contributed by atoms with Crippen LogP contribution in [0.3, 0.4) is 0 Å². The van der Waals surface area contributed by atoms with E-state index in [4.69, 9.17) is 33.2 Å². The number of para-hydroxylation sites is 1. The Morgan fingerprint density at radius 1 is 1.04 bits per heavy atom. The molecular weight excluding hydrogens is 413 g/mol. The zero-order chi connectivity index (χ0) is 19.6. The second-order valence-corrected chi connectivity index (χ2v) is 8.68. The van der Waals surface area contributed by atoms with Crippen molar-refractivity contribution in [3.8, 4) is 0 Å². The first-order valence-corrected chi connectivity index (χ1v) is 10.9. The predicted octanol–water partition coefficient (Wildman–Crippen LogP) is 5.84. The molecule has 1 heterocycles. The molecule has 1 amide bonds. The number of hydrogen-bond acceptors (Lipinski definition) is 4. The second-order valence-electron chi connectivity index (χ2n) is 6.90. The van der Waals surface area contributed by atoms with Crippen LogP contribution in [-0.2, 0) is 4.79 Å². The fourth-order valence-corrected chi connectivity index (χ4v) is 4.65. The zero-order valence-corrected chi connectivity index (χ0v) is 17.4. The van der Waals surface area contributed by atoms with Crippen LogP contribution in [0.5, 0.6) is 0 Å². The number of carbonyl (C=O) groups excluding carboxylic acids is 1. The van der Waals surface area contributed by atoms with Gasteiger partial charge in [-0.3, -0.25) is 9.79 Å². The minimum absolute atomic E-state index is 0.0697. The number of benzene rings is 2. The van der Waals surface area contributed by atoms with Crippen LogP contribution in [0, 0.1) is 0 Å². The predicted molar refractivity (Wildman–Crippen MR) is 119 cm³/mol. The van der Waals surface area contributed by atoms with E-state index in [9.17, 15) is 4.79 Å². The van der Waals surface area contributed by atoms with Gasteiger partial charge in [-0.15, -0.1) is 0 Å². The first kappa shape index (κ1) is 19.5. The van der Waals surface area contributed by atoms with Gasteiger partial charge in [-0.2, -0.15) is 0 Å². The Morgan fingerprint density at radius 2 is 1.79 bits per heavy atom. The summed E-state index contributed by atoms with van der Waals surface area (Å²) in [6.45, 7) is 0. The fourth-order valence-electron chi connectivity index (χ4n) is 3.47. The third-order valence-electron chi connectivity index (χ3n) is 4.83. The molecule has 0 bridgehead atoms. The van der Waals surface area contributed by atoms with Gasteiger partial charge in [0.05, 0.1) is 21.5 Å². The summed E-state index contributed by atoms with van der Waals surface area (Å²) in [4.78, 5) is 22.2. The molecular formula is C21H19Cl2N3OS. The van der Waals surface area contributed by atoms with Crippen molar-refractivity contribution in [3.63, 3.8) is 0 Å². The van der Waals surface area contributed by atoms with E-state index in [0.29, 0.717) is 10.0 Å². The summed E-state index contributed by atoms with van der Waals surface area (Å²) >= 11 is 13.7. The summed E-state index contributed by atoms with van der Waals surface area (Å²) in [5, 5.41) is 4.69. The first-order valence-electron chi connectivity index (χ1n) is 9.18.